The number of anilines is 2. The SMILES string of the molecule is CCCCN(C(=O)NC1CCN(Cc2ccc(Oc3ccc(NS(C)(=O)=O)cc3)cc2)CC1)c1cccc(CC)c1. The number of nitrogens with zero attached hydrogens (tertiary/aromatic N) is 2. The molecule has 4 rings (SSSR count). The van der Waals surface area contributed by atoms with Crippen LogP contribution in [0.3, 0.4) is 0 Å². The molecule has 0 aromatic heterocycles. The van der Waals surface area contributed by atoms with Crippen LogP contribution in [0.4, 0.5) is 16.2 Å². The summed E-state index contributed by atoms with van der Waals surface area (Å²) in [5, 5.41) is 3.30. The number of amides is 2. The summed E-state index contributed by atoms with van der Waals surface area (Å²) < 4.78 is 31.1. The van der Waals surface area contributed by atoms with E-state index in [-0.39, 0.29) is 12.1 Å². The molecular weight excluding hydrogens is 536 g/mol. The largest absolute Gasteiger partial charge is 0.457 e. The molecule has 9 heteroatoms. The fourth-order valence-electron chi connectivity index (χ4n) is 4.96. The summed E-state index contributed by atoms with van der Waals surface area (Å²) >= 11 is 0. The fourth-order valence-corrected chi connectivity index (χ4v) is 5.52. The van der Waals surface area contributed by atoms with E-state index >= 15 is 0 Å². The summed E-state index contributed by atoms with van der Waals surface area (Å²) in [4.78, 5) is 17.6. The van der Waals surface area contributed by atoms with Crippen molar-refractivity contribution in [2.75, 3.05) is 35.5 Å². The minimum Gasteiger partial charge on any atom is -0.457 e. The Morgan fingerprint density at radius 2 is 1.61 bits per heavy atom. The quantitative estimate of drug-likeness (QED) is 0.260. The monoisotopic (exact) mass is 578 g/mol. The van der Waals surface area contributed by atoms with Crippen molar-refractivity contribution in [2.24, 2.45) is 0 Å². The molecule has 220 valence electrons. The van der Waals surface area contributed by atoms with Crippen molar-refractivity contribution in [3.63, 3.8) is 0 Å². The number of sulfonamides is 1. The molecule has 0 radical (unpaired) electrons. The first-order valence-electron chi connectivity index (χ1n) is 14.5. The van der Waals surface area contributed by atoms with Crippen molar-refractivity contribution >= 4 is 27.4 Å². The van der Waals surface area contributed by atoms with E-state index < -0.39 is 10.0 Å². The van der Waals surface area contributed by atoms with E-state index in [1.165, 1.54) is 11.1 Å². The van der Waals surface area contributed by atoms with Gasteiger partial charge in [0.05, 0.1) is 6.26 Å². The fraction of sp³-hybridized carbons (Fsp3) is 0.406. The van der Waals surface area contributed by atoms with Gasteiger partial charge < -0.3 is 10.1 Å². The zero-order chi connectivity index (χ0) is 29.2. The first-order valence-corrected chi connectivity index (χ1v) is 16.4. The Labute approximate surface area is 244 Å². The maximum absolute atomic E-state index is 13.3. The summed E-state index contributed by atoms with van der Waals surface area (Å²) in [6.07, 6.45) is 5.94. The number of hydrogen-bond acceptors (Lipinski definition) is 5. The normalized spacial score (nSPS) is 14.4. The molecule has 0 unspecified atom stereocenters. The molecular formula is C32H42N4O4S. The number of urea groups is 1. The zero-order valence-electron chi connectivity index (χ0n) is 24.3. The third-order valence-corrected chi connectivity index (χ3v) is 7.86. The minimum atomic E-state index is -3.31. The van der Waals surface area contributed by atoms with E-state index in [0.29, 0.717) is 11.4 Å². The molecule has 2 amide bonds. The molecule has 3 aromatic carbocycles. The van der Waals surface area contributed by atoms with E-state index in [1.54, 1.807) is 24.3 Å². The van der Waals surface area contributed by atoms with Gasteiger partial charge in [-0.05, 0) is 85.3 Å². The average molecular weight is 579 g/mol. The second-order valence-electron chi connectivity index (χ2n) is 10.7. The molecule has 1 aliphatic rings. The highest BCUT2D eigenvalue weighted by Crippen LogP contribution is 2.25. The molecule has 8 nitrogen and oxygen atoms in total. The summed E-state index contributed by atoms with van der Waals surface area (Å²) in [6, 6.07) is 23.3. The Bertz CT molecular complexity index is 1370. The van der Waals surface area contributed by atoms with Gasteiger partial charge in [-0.15, -0.1) is 0 Å². The van der Waals surface area contributed by atoms with Crippen LogP contribution in [0.25, 0.3) is 0 Å². The molecule has 1 fully saturated rings. The number of likely N-dealkylation sites (tertiary alicyclic amines) is 1. The highest BCUT2D eigenvalue weighted by molar-refractivity contribution is 7.92. The van der Waals surface area contributed by atoms with Crippen LogP contribution in [-0.2, 0) is 23.0 Å². The number of rotatable bonds is 12. The highest BCUT2D eigenvalue weighted by atomic mass is 32.2. The number of ether oxygens (including phenoxy) is 1. The molecule has 41 heavy (non-hydrogen) atoms. The zero-order valence-corrected chi connectivity index (χ0v) is 25.1. The van der Waals surface area contributed by atoms with Crippen LogP contribution in [0, 0.1) is 0 Å². The summed E-state index contributed by atoms with van der Waals surface area (Å²) in [5.74, 6) is 1.35. The van der Waals surface area contributed by atoms with E-state index in [4.69, 9.17) is 4.74 Å². The summed E-state index contributed by atoms with van der Waals surface area (Å²) in [5.41, 5.74) is 3.91. The molecule has 3 aromatic rings. The molecule has 0 saturated carbocycles. The molecule has 0 spiro atoms. The lowest BCUT2D eigenvalue weighted by atomic mass is 10.0. The Kier molecular flexibility index (Phi) is 10.7. The Morgan fingerprint density at radius 1 is 0.951 bits per heavy atom. The molecule has 0 atom stereocenters. The van der Waals surface area contributed by atoms with Crippen molar-refractivity contribution in [2.45, 2.75) is 58.5 Å². The number of carbonyl (C=O) groups excluding carboxylic acids is 1. The van der Waals surface area contributed by atoms with Crippen molar-refractivity contribution in [1.29, 1.82) is 0 Å². The molecule has 1 saturated heterocycles. The first-order chi connectivity index (χ1) is 19.7. The van der Waals surface area contributed by atoms with Gasteiger partial charge in [-0.25, -0.2) is 13.2 Å². The Hall–Kier alpha value is -3.56. The molecule has 1 heterocycles. The van der Waals surface area contributed by atoms with Crippen LogP contribution in [-0.4, -0.2) is 51.3 Å². The Balaban J connectivity index is 1.25. The van der Waals surface area contributed by atoms with Gasteiger partial charge in [-0.1, -0.05) is 44.5 Å². The van der Waals surface area contributed by atoms with Crippen LogP contribution in [0.1, 0.15) is 50.7 Å². The first kappa shape index (κ1) is 30.4. The second kappa shape index (κ2) is 14.4. The molecule has 0 bridgehead atoms. The highest BCUT2D eigenvalue weighted by Gasteiger charge is 2.24. The third-order valence-electron chi connectivity index (χ3n) is 7.25. The van der Waals surface area contributed by atoms with Gasteiger partial charge in [-0.3, -0.25) is 14.5 Å². The second-order valence-corrected chi connectivity index (χ2v) is 12.4. The summed E-state index contributed by atoms with van der Waals surface area (Å²) in [7, 11) is -3.31. The van der Waals surface area contributed by atoms with Crippen molar-refractivity contribution in [3.05, 3.63) is 83.9 Å². The number of unbranched alkanes of at least 4 members (excludes halogenated alkanes) is 1. The number of piperidine rings is 1. The lowest BCUT2D eigenvalue weighted by molar-refractivity contribution is 0.188. The Morgan fingerprint density at radius 3 is 2.22 bits per heavy atom. The average Bonchev–Trinajstić information content (AvgIpc) is 2.96. The van der Waals surface area contributed by atoms with Gasteiger partial charge >= 0.3 is 6.03 Å². The number of aryl methyl sites for hydroxylation is 1. The van der Waals surface area contributed by atoms with Crippen LogP contribution in [0.15, 0.2) is 72.8 Å². The minimum absolute atomic E-state index is 0.00189. The van der Waals surface area contributed by atoms with Crippen molar-refractivity contribution in [1.82, 2.24) is 10.2 Å². The van der Waals surface area contributed by atoms with Gasteiger partial charge in [0.15, 0.2) is 0 Å². The lowest BCUT2D eigenvalue weighted by Gasteiger charge is -2.34. The third kappa shape index (κ3) is 9.50. The van der Waals surface area contributed by atoms with E-state index in [9.17, 15) is 13.2 Å². The van der Waals surface area contributed by atoms with Gasteiger partial charge in [0, 0.05) is 43.6 Å². The van der Waals surface area contributed by atoms with Crippen molar-refractivity contribution < 1.29 is 17.9 Å². The number of carbonyl (C=O) groups is 1. The predicted molar refractivity (Wildman–Crippen MR) is 166 cm³/mol. The van der Waals surface area contributed by atoms with Gasteiger partial charge in [0.1, 0.15) is 11.5 Å². The summed E-state index contributed by atoms with van der Waals surface area (Å²) in [6.45, 7) is 7.71. The van der Waals surface area contributed by atoms with E-state index in [0.717, 1.165) is 76.0 Å². The smallest absolute Gasteiger partial charge is 0.322 e. The van der Waals surface area contributed by atoms with E-state index in [2.05, 4.69) is 53.1 Å². The van der Waals surface area contributed by atoms with E-state index in [1.807, 2.05) is 29.2 Å². The van der Waals surface area contributed by atoms with Gasteiger partial charge in [0.25, 0.3) is 0 Å². The number of nitrogens with one attached hydrogen (secondary N) is 2. The number of benzene rings is 3. The van der Waals surface area contributed by atoms with Crippen LogP contribution in [0.5, 0.6) is 11.5 Å². The van der Waals surface area contributed by atoms with Crippen molar-refractivity contribution in [3.8, 4) is 11.5 Å². The van der Waals surface area contributed by atoms with Crippen LogP contribution >= 0.6 is 0 Å². The predicted octanol–water partition coefficient (Wildman–Crippen LogP) is 6.39. The van der Waals surface area contributed by atoms with Gasteiger partial charge in [0.2, 0.25) is 10.0 Å². The van der Waals surface area contributed by atoms with Crippen LogP contribution < -0.4 is 19.7 Å². The lowest BCUT2D eigenvalue weighted by Crippen LogP contribution is -2.49. The standard InChI is InChI=1S/C32H42N4O4S/c1-4-6-20-36(29-9-7-8-25(5-2)23-29)32(37)33-27-18-21-35(22-19-27)24-26-10-14-30(15-11-26)40-31-16-12-28(13-17-31)34-41(3,38)39/h7-17,23,27,34H,4-6,18-22,24H2,1-3H3,(H,33,37). The van der Waals surface area contributed by atoms with Gasteiger partial charge in [-0.2, -0.15) is 0 Å². The number of hydrogen-bond donors (Lipinski definition) is 2. The maximum atomic E-state index is 13.3. The molecule has 2 N–H and O–H groups in total. The molecule has 1 aliphatic heterocycles. The molecule has 0 aliphatic carbocycles. The maximum Gasteiger partial charge on any atom is 0.322 e. The van der Waals surface area contributed by atoms with Crippen LogP contribution in [0.2, 0.25) is 0 Å². The topological polar surface area (TPSA) is 91.0 Å².